The van der Waals surface area contributed by atoms with Gasteiger partial charge >= 0.3 is 0 Å². The summed E-state index contributed by atoms with van der Waals surface area (Å²) in [7, 11) is 0. The number of ether oxygens (including phenoxy) is 1. The summed E-state index contributed by atoms with van der Waals surface area (Å²) in [5.41, 5.74) is 8.83. The molecule has 2 heterocycles. The molecule has 2 nitrogen and oxygen atoms in total. The number of halogens is 1. The fraction of sp³-hybridized carbons (Fsp3) is 0.625. The molecule has 0 saturated carbocycles. The lowest BCUT2D eigenvalue weighted by Gasteiger charge is -2.40. The fourth-order valence-corrected chi connectivity index (χ4v) is 5.05. The van der Waals surface area contributed by atoms with E-state index in [-0.39, 0.29) is 11.6 Å². The summed E-state index contributed by atoms with van der Waals surface area (Å²) in [6.07, 6.45) is 3.28. The number of thioether (sulfide) groups is 1. The van der Waals surface area contributed by atoms with Crippen molar-refractivity contribution in [1.29, 1.82) is 0 Å². The van der Waals surface area contributed by atoms with Gasteiger partial charge in [-0.15, -0.1) is 0 Å². The number of rotatable bonds is 2. The molecule has 2 aliphatic rings. The van der Waals surface area contributed by atoms with Gasteiger partial charge < -0.3 is 10.5 Å². The summed E-state index contributed by atoms with van der Waals surface area (Å²) in [5.74, 6) is 2.81. The Morgan fingerprint density at radius 3 is 3.10 bits per heavy atom. The van der Waals surface area contributed by atoms with Gasteiger partial charge in [-0.1, -0.05) is 29.8 Å². The van der Waals surface area contributed by atoms with Crippen molar-refractivity contribution < 1.29 is 4.74 Å². The molecule has 110 valence electrons. The maximum atomic E-state index is 6.54. The molecule has 0 bridgehead atoms. The highest BCUT2D eigenvalue weighted by molar-refractivity contribution is 7.99. The SMILES string of the molecule is Cc1cccc(C(N)C2CCOC3(CCSC3)C2)c1Cl. The quantitative estimate of drug-likeness (QED) is 0.898. The first-order valence-electron chi connectivity index (χ1n) is 7.34. The molecule has 1 aromatic carbocycles. The topological polar surface area (TPSA) is 35.2 Å². The molecule has 3 unspecified atom stereocenters. The molecule has 0 aliphatic carbocycles. The van der Waals surface area contributed by atoms with E-state index in [1.54, 1.807) is 0 Å². The Morgan fingerprint density at radius 2 is 2.35 bits per heavy atom. The van der Waals surface area contributed by atoms with Crippen molar-refractivity contribution in [3.8, 4) is 0 Å². The molecule has 3 atom stereocenters. The molecular formula is C16H22ClNOS. The lowest BCUT2D eigenvalue weighted by molar-refractivity contribution is -0.0834. The minimum Gasteiger partial charge on any atom is -0.374 e. The molecule has 1 aromatic rings. The highest BCUT2D eigenvalue weighted by Crippen LogP contribution is 2.44. The van der Waals surface area contributed by atoms with Gasteiger partial charge in [-0.2, -0.15) is 11.8 Å². The van der Waals surface area contributed by atoms with E-state index in [2.05, 4.69) is 12.1 Å². The first-order valence-corrected chi connectivity index (χ1v) is 8.87. The summed E-state index contributed by atoms with van der Waals surface area (Å²) in [6, 6.07) is 6.19. The Labute approximate surface area is 130 Å². The number of aryl methyl sites for hydroxylation is 1. The van der Waals surface area contributed by atoms with Gasteiger partial charge in [0.1, 0.15) is 0 Å². The molecule has 20 heavy (non-hydrogen) atoms. The lowest BCUT2D eigenvalue weighted by atomic mass is 9.79. The molecular weight excluding hydrogens is 290 g/mol. The van der Waals surface area contributed by atoms with Crippen LogP contribution in [0.1, 0.15) is 36.4 Å². The minimum atomic E-state index is 0.0220. The van der Waals surface area contributed by atoms with E-state index in [1.807, 2.05) is 24.8 Å². The number of benzene rings is 1. The average Bonchev–Trinajstić information content (AvgIpc) is 2.89. The zero-order valence-electron chi connectivity index (χ0n) is 11.9. The van der Waals surface area contributed by atoms with Gasteiger partial charge in [0, 0.05) is 23.4 Å². The zero-order valence-corrected chi connectivity index (χ0v) is 13.5. The van der Waals surface area contributed by atoms with Crippen LogP contribution in [0, 0.1) is 12.8 Å². The molecule has 1 spiro atoms. The van der Waals surface area contributed by atoms with Gasteiger partial charge in [-0.05, 0) is 49.0 Å². The molecule has 0 radical (unpaired) electrons. The third-order valence-corrected chi connectivity index (χ3v) is 6.43. The Bertz CT molecular complexity index is 487. The first-order chi connectivity index (χ1) is 9.61. The Kier molecular flexibility index (Phi) is 4.32. The van der Waals surface area contributed by atoms with Gasteiger partial charge in [0.05, 0.1) is 5.60 Å². The smallest absolute Gasteiger partial charge is 0.0783 e. The van der Waals surface area contributed by atoms with Gasteiger partial charge in [-0.25, -0.2) is 0 Å². The van der Waals surface area contributed by atoms with E-state index in [0.717, 1.165) is 41.4 Å². The zero-order chi connectivity index (χ0) is 14.2. The lowest BCUT2D eigenvalue weighted by Crippen LogP contribution is -2.42. The summed E-state index contributed by atoms with van der Waals surface area (Å²) < 4.78 is 6.09. The molecule has 3 rings (SSSR count). The van der Waals surface area contributed by atoms with E-state index in [9.17, 15) is 0 Å². The first kappa shape index (κ1) is 14.7. The molecule has 2 saturated heterocycles. The highest BCUT2D eigenvalue weighted by atomic mass is 35.5. The van der Waals surface area contributed by atoms with Crippen molar-refractivity contribution in [2.45, 2.75) is 37.8 Å². The third-order valence-electron chi connectivity index (χ3n) is 4.69. The predicted molar refractivity (Wildman–Crippen MR) is 86.5 cm³/mol. The van der Waals surface area contributed by atoms with Crippen LogP contribution in [-0.2, 0) is 4.74 Å². The second kappa shape index (κ2) is 5.88. The third kappa shape index (κ3) is 2.74. The standard InChI is InChI=1S/C16H22ClNOS/c1-11-3-2-4-13(14(11)17)15(18)12-5-7-19-16(9-12)6-8-20-10-16/h2-4,12,15H,5-10,18H2,1H3. The van der Waals surface area contributed by atoms with Gasteiger partial charge in [0.2, 0.25) is 0 Å². The Morgan fingerprint density at radius 1 is 1.50 bits per heavy atom. The van der Waals surface area contributed by atoms with Crippen LogP contribution >= 0.6 is 23.4 Å². The van der Waals surface area contributed by atoms with Gasteiger partial charge in [0.25, 0.3) is 0 Å². The maximum absolute atomic E-state index is 6.54. The van der Waals surface area contributed by atoms with Crippen LogP contribution in [-0.4, -0.2) is 23.7 Å². The molecule has 0 aromatic heterocycles. The largest absolute Gasteiger partial charge is 0.374 e. The van der Waals surface area contributed by atoms with Crippen molar-refractivity contribution in [2.75, 3.05) is 18.1 Å². The highest BCUT2D eigenvalue weighted by Gasteiger charge is 2.42. The Balaban J connectivity index is 1.79. The van der Waals surface area contributed by atoms with Crippen LogP contribution in [0.15, 0.2) is 18.2 Å². The minimum absolute atomic E-state index is 0.0220. The van der Waals surface area contributed by atoms with E-state index in [0.29, 0.717) is 5.92 Å². The molecule has 2 aliphatic heterocycles. The van der Waals surface area contributed by atoms with Crippen LogP contribution in [0.5, 0.6) is 0 Å². The van der Waals surface area contributed by atoms with Crippen LogP contribution in [0.25, 0.3) is 0 Å². The monoisotopic (exact) mass is 311 g/mol. The molecule has 2 N–H and O–H groups in total. The van der Waals surface area contributed by atoms with Crippen LogP contribution in [0.2, 0.25) is 5.02 Å². The molecule has 0 amide bonds. The normalized spacial score (nSPS) is 31.6. The fourth-order valence-electron chi connectivity index (χ4n) is 3.42. The molecule has 2 fully saturated rings. The second-order valence-corrected chi connectivity index (χ2v) is 7.57. The van der Waals surface area contributed by atoms with Crippen LogP contribution < -0.4 is 5.73 Å². The number of hydrogen-bond donors (Lipinski definition) is 1. The summed E-state index contributed by atoms with van der Waals surface area (Å²) >= 11 is 8.45. The van der Waals surface area contributed by atoms with Gasteiger partial charge in [0.15, 0.2) is 0 Å². The van der Waals surface area contributed by atoms with Crippen LogP contribution in [0.3, 0.4) is 0 Å². The van der Waals surface area contributed by atoms with Crippen molar-refractivity contribution >= 4 is 23.4 Å². The van der Waals surface area contributed by atoms with Crippen molar-refractivity contribution in [1.82, 2.24) is 0 Å². The van der Waals surface area contributed by atoms with E-state index in [4.69, 9.17) is 22.1 Å². The van der Waals surface area contributed by atoms with Crippen molar-refractivity contribution in [3.63, 3.8) is 0 Å². The van der Waals surface area contributed by atoms with E-state index in [1.165, 1.54) is 12.2 Å². The summed E-state index contributed by atoms with van der Waals surface area (Å²) in [5, 5.41) is 0.835. The van der Waals surface area contributed by atoms with E-state index < -0.39 is 0 Å². The average molecular weight is 312 g/mol. The van der Waals surface area contributed by atoms with Gasteiger partial charge in [-0.3, -0.25) is 0 Å². The summed E-state index contributed by atoms with van der Waals surface area (Å²) in [4.78, 5) is 0. The van der Waals surface area contributed by atoms with Crippen LogP contribution in [0.4, 0.5) is 0 Å². The molecule has 4 heteroatoms. The van der Waals surface area contributed by atoms with E-state index >= 15 is 0 Å². The second-order valence-electron chi connectivity index (χ2n) is 6.09. The predicted octanol–water partition coefficient (Wildman–Crippen LogP) is 3.95. The summed E-state index contributed by atoms with van der Waals surface area (Å²) in [6.45, 7) is 2.87. The number of nitrogens with two attached hydrogens (primary N) is 1. The van der Waals surface area contributed by atoms with Crippen molar-refractivity contribution in [3.05, 3.63) is 34.3 Å². The Hall–Kier alpha value is -0.220. The maximum Gasteiger partial charge on any atom is 0.0783 e. The number of hydrogen-bond acceptors (Lipinski definition) is 3. The van der Waals surface area contributed by atoms with Crippen molar-refractivity contribution in [2.24, 2.45) is 11.7 Å².